The molecule has 3 amide bonds. The first-order valence-corrected chi connectivity index (χ1v) is 9.68. The fraction of sp³-hybridized carbons (Fsp3) is 0.500. The lowest BCUT2D eigenvalue weighted by Crippen LogP contribution is -2.44. The number of benzene rings is 1. The van der Waals surface area contributed by atoms with Crippen molar-refractivity contribution >= 4 is 23.6 Å². The summed E-state index contributed by atoms with van der Waals surface area (Å²) in [5.41, 5.74) is 1.20. The van der Waals surface area contributed by atoms with E-state index in [2.05, 4.69) is 0 Å². The van der Waals surface area contributed by atoms with E-state index in [0.29, 0.717) is 24.2 Å². The molecule has 0 bridgehead atoms. The highest BCUT2D eigenvalue weighted by atomic mass is 16.6. The van der Waals surface area contributed by atoms with Gasteiger partial charge in [0.15, 0.2) is 0 Å². The largest absolute Gasteiger partial charge is 0.444 e. The molecule has 0 aromatic heterocycles. The molecule has 0 spiro atoms. The van der Waals surface area contributed by atoms with Gasteiger partial charge in [0.2, 0.25) is 5.91 Å². The highest BCUT2D eigenvalue weighted by molar-refractivity contribution is 6.20. The minimum atomic E-state index is -0.602. The lowest BCUT2D eigenvalue weighted by Gasteiger charge is -2.31. The normalized spacial score (nSPS) is 13.7. The fourth-order valence-electron chi connectivity index (χ4n) is 2.76. The Labute approximate surface area is 168 Å². The Bertz CT molecular complexity index is 747. The minimum Gasteiger partial charge on any atom is -0.444 e. The van der Waals surface area contributed by atoms with Crippen LogP contribution in [0.5, 0.6) is 0 Å². The zero-order chi connectivity index (χ0) is 21.5. The van der Waals surface area contributed by atoms with Crippen molar-refractivity contribution in [1.29, 1.82) is 0 Å². The molecule has 1 aromatic carbocycles. The van der Waals surface area contributed by atoms with Crippen molar-refractivity contribution in [3.8, 4) is 0 Å². The molecule has 154 valence electrons. The van der Waals surface area contributed by atoms with Crippen LogP contribution in [-0.2, 0) is 14.3 Å². The molecule has 0 saturated carbocycles. The van der Waals surface area contributed by atoms with E-state index in [1.165, 1.54) is 16.7 Å². The van der Waals surface area contributed by atoms with Crippen molar-refractivity contribution in [3.63, 3.8) is 0 Å². The van der Waals surface area contributed by atoms with Crippen LogP contribution in [0.25, 0.3) is 0 Å². The molecule has 0 saturated heterocycles. The number of hydrogen-bond donors (Lipinski definition) is 0. The second-order valence-corrected chi connectivity index (χ2v) is 7.37. The first-order chi connectivity index (χ1) is 13.1. The lowest BCUT2D eigenvalue weighted by atomic mass is 10.1. The van der Waals surface area contributed by atoms with Crippen LogP contribution in [0.2, 0.25) is 0 Å². The summed E-state index contributed by atoms with van der Waals surface area (Å²) in [5, 5.41) is 0. The molecule has 1 aliphatic heterocycles. The number of anilines is 1. The third-order valence-corrected chi connectivity index (χ3v) is 3.95. The van der Waals surface area contributed by atoms with E-state index in [0.717, 1.165) is 5.56 Å². The van der Waals surface area contributed by atoms with Crippen LogP contribution in [0.4, 0.5) is 10.5 Å². The number of nitrogens with zero attached hydrogens (tertiary/aromatic N) is 2. The maximum absolute atomic E-state index is 13.0. The molecule has 0 fully saturated rings. The number of imide groups is 1. The molecule has 6 nitrogen and oxygen atoms in total. The van der Waals surface area contributed by atoms with E-state index in [1.54, 1.807) is 39.0 Å². The van der Waals surface area contributed by atoms with Crippen molar-refractivity contribution in [3.05, 3.63) is 41.5 Å². The number of hydrogen-bond acceptors (Lipinski definition) is 4. The van der Waals surface area contributed by atoms with E-state index >= 15 is 0 Å². The molecule has 2 rings (SSSR count). The maximum Gasteiger partial charge on any atom is 0.410 e. The Kier molecular flexibility index (Phi) is 8.41. The van der Waals surface area contributed by atoms with Crippen LogP contribution >= 0.6 is 0 Å². The van der Waals surface area contributed by atoms with Crippen LogP contribution in [0.15, 0.2) is 35.9 Å². The van der Waals surface area contributed by atoms with Crippen molar-refractivity contribution in [2.45, 2.75) is 60.5 Å². The third-order valence-electron chi connectivity index (χ3n) is 3.95. The van der Waals surface area contributed by atoms with Gasteiger partial charge in [0.1, 0.15) is 5.60 Å². The average molecular weight is 389 g/mol. The van der Waals surface area contributed by atoms with Gasteiger partial charge in [0, 0.05) is 19.0 Å². The second-order valence-electron chi connectivity index (χ2n) is 7.37. The van der Waals surface area contributed by atoms with Crippen LogP contribution in [0, 0.1) is 6.92 Å². The maximum atomic E-state index is 13.0. The Morgan fingerprint density at radius 1 is 1.11 bits per heavy atom. The van der Waals surface area contributed by atoms with Crippen molar-refractivity contribution in [2.75, 3.05) is 18.0 Å². The Morgan fingerprint density at radius 2 is 1.71 bits per heavy atom. The van der Waals surface area contributed by atoms with Gasteiger partial charge in [-0.3, -0.25) is 9.59 Å². The average Bonchev–Trinajstić information content (AvgIpc) is 2.63. The summed E-state index contributed by atoms with van der Waals surface area (Å²) >= 11 is 0. The first kappa shape index (κ1) is 23.4. The Balaban J connectivity index is 0.00000190. The van der Waals surface area contributed by atoms with E-state index in [4.69, 9.17) is 4.74 Å². The number of carbonyl (C=O) groups excluding carboxylic acids is 3. The Hall–Kier alpha value is -2.63. The van der Waals surface area contributed by atoms with E-state index in [1.807, 2.05) is 32.9 Å². The third kappa shape index (κ3) is 6.22. The molecule has 6 heteroatoms. The highest BCUT2D eigenvalue weighted by Crippen LogP contribution is 2.23. The van der Waals surface area contributed by atoms with E-state index < -0.39 is 17.6 Å². The highest BCUT2D eigenvalue weighted by Gasteiger charge is 2.30. The molecule has 1 aliphatic rings. The van der Waals surface area contributed by atoms with Crippen LogP contribution in [-0.4, -0.2) is 41.5 Å². The zero-order valence-electron chi connectivity index (χ0n) is 18.0. The summed E-state index contributed by atoms with van der Waals surface area (Å²) < 4.78 is 5.38. The molecule has 0 aliphatic carbocycles. The zero-order valence-corrected chi connectivity index (χ0v) is 18.0. The van der Waals surface area contributed by atoms with Gasteiger partial charge < -0.3 is 9.64 Å². The number of ether oxygens (including phenoxy) is 1. The molecular weight excluding hydrogens is 356 g/mol. The van der Waals surface area contributed by atoms with Gasteiger partial charge in [0.05, 0.1) is 12.2 Å². The second kappa shape index (κ2) is 10.1. The van der Waals surface area contributed by atoms with Crippen molar-refractivity contribution in [2.24, 2.45) is 0 Å². The summed E-state index contributed by atoms with van der Waals surface area (Å²) in [7, 11) is 0. The van der Waals surface area contributed by atoms with Gasteiger partial charge in [-0.15, -0.1) is 0 Å². The topological polar surface area (TPSA) is 66.9 Å². The SMILES string of the molecule is CC.CC(=O)N(C(=O)C1=CCCN(C(=O)OC(C)(C)C)C1)c1ccccc1C. The molecule has 1 aromatic rings. The fourth-order valence-corrected chi connectivity index (χ4v) is 2.76. The van der Waals surface area contributed by atoms with Gasteiger partial charge in [-0.25, -0.2) is 9.69 Å². The van der Waals surface area contributed by atoms with Gasteiger partial charge in [0.25, 0.3) is 5.91 Å². The molecule has 1 heterocycles. The number of carbonyl (C=O) groups is 3. The van der Waals surface area contributed by atoms with Crippen LogP contribution in [0.1, 0.15) is 53.5 Å². The number of aryl methyl sites for hydroxylation is 1. The molecule has 0 N–H and O–H groups in total. The van der Waals surface area contributed by atoms with Crippen molar-refractivity contribution < 1.29 is 19.1 Å². The van der Waals surface area contributed by atoms with Crippen LogP contribution < -0.4 is 4.90 Å². The predicted molar refractivity (Wildman–Crippen MR) is 111 cm³/mol. The minimum absolute atomic E-state index is 0.128. The molecular formula is C22H32N2O4. The summed E-state index contributed by atoms with van der Waals surface area (Å²) in [6.07, 6.45) is 1.87. The van der Waals surface area contributed by atoms with Crippen LogP contribution in [0.3, 0.4) is 0 Å². The quantitative estimate of drug-likeness (QED) is 0.750. The predicted octanol–water partition coefficient (Wildman–Crippen LogP) is 4.47. The van der Waals surface area contributed by atoms with Gasteiger partial charge in [-0.05, 0) is 45.7 Å². The Morgan fingerprint density at radius 3 is 2.25 bits per heavy atom. The summed E-state index contributed by atoms with van der Waals surface area (Å²) in [4.78, 5) is 40.1. The lowest BCUT2D eigenvalue weighted by molar-refractivity contribution is -0.123. The smallest absolute Gasteiger partial charge is 0.410 e. The van der Waals surface area contributed by atoms with Gasteiger partial charge >= 0.3 is 6.09 Å². The standard InChI is InChI=1S/C20H26N2O4.C2H6/c1-14-9-6-7-11-17(14)22(15(2)23)18(24)16-10-8-12-21(13-16)19(25)26-20(3,4)5;1-2/h6-7,9-11H,8,12-13H2,1-5H3;1-2H3. The van der Waals surface area contributed by atoms with Gasteiger partial charge in [-0.2, -0.15) is 0 Å². The van der Waals surface area contributed by atoms with E-state index in [9.17, 15) is 14.4 Å². The molecule has 28 heavy (non-hydrogen) atoms. The monoisotopic (exact) mass is 388 g/mol. The molecule has 0 radical (unpaired) electrons. The number of amides is 3. The van der Waals surface area contributed by atoms with E-state index in [-0.39, 0.29) is 12.5 Å². The summed E-state index contributed by atoms with van der Waals surface area (Å²) in [5.74, 6) is -0.764. The summed E-state index contributed by atoms with van der Waals surface area (Å²) in [6.45, 7) is 13.2. The molecule has 0 unspecified atom stereocenters. The number of rotatable bonds is 2. The summed E-state index contributed by atoms with van der Waals surface area (Å²) in [6, 6.07) is 7.23. The first-order valence-electron chi connectivity index (χ1n) is 9.68. The van der Waals surface area contributed by atoms with Gasteiger partial charge in [-0.1, -0.05) is 38.1 Å². The number of para-hydroxylation sites is 1. The molecule has 0 atom stereocenters. The van der Waals surface area contributed by atoms with Crippen molar-refractivity contribution in [1.82, 2.24) is 4.90 Å².